The van der Waals surface area contributed by atoms with Gasteiger partial charge in [-0.15, -0.1) is 0 Å². The molecule has 0 unspecified atom stereocenters. The minimum Gasteiger partial charge on any atom is -0.550 e. The van der Waals surface area contributed by atoms with E-state index >= 15 is 0 Å². The maximum absolute atomic E-state index is 9.74. The van der Waals surface area contributed by atoms with E-state index < -0.39 is 42.3 Å². The average Bonchev–Trinajstić information content (AvgIpc) is 2.12. The Hall–Kier alpha value is 1.31. The summed E-state index contributed by atoms with van der Waals surface area (Å²) in [5.74, 6) is -6.04. The first kappa shape index (κ1) is 50.3. The van der Waals surface area contributed by atoms with Gasteiger partial charge in [0.05, 0.1) is 18.4 Å². The number of hydrogen-bond acceptors (Lipinski definition) is 10. The van der Waals surface area contributed by atoms with Crippen molar-refractivity contribution in [1.82, 2.24) is 0 Å². The summed E-state index contributed by atoms with van der Waals surface area (Å²) in [4.78, 5) is 46.1. The average molecular weight is 401 g/mol. The Kier molecular flexibility index (Phi) is 72.9. The fourth-order valence-electron chi connectivity index (χ4n) is 0.271. The third-order valence-corrected chi connectivity index (χ3v) is 0.697. The van der Waals surface area contributed by atoms with E-state index in [2.05, 4.69) is 0 Å². The van der Waals surface area contributed by atoms with Crippen molar-refractivity contribution in [3.63, 3.8) is 0 Å². The summed E-state index contributed by atoms with van der Waals surface area (Å²) in [6.45, 7) is 2.92. The predicted molar refractivity (Wildman–Crippen MR) is 57.3 cm³/mol. The maximum atomic E-state index is 9.74. The van der Waals surface area contributed by atoms with Crippen molar-refractivity contribution in [2.45, 2.75) is 33.2 Å². The van der Waals surface area contributed by atoms with Gasteiger partial charge in [0.25, 0.3) is 0 Å². The van der Waals surface area contributed by atoms with Gasteiger partial charge in [-0.2, -0.15) is 0 Å². The second-order valence-corrected chi connectivity index (χ2v) is 3.00. The van der Waals surface area contributed by atoms with E-state index in [1.54, 1.807) is 0 Å². The Morgan fingerprint density at radius 1 is 0.760 bits per heavy atom. The topological polar surface area (TPSA) is 224 Å². The van der Waals surface area contributed by atoms with Crippen LogP contribution in [-0.4, -0.2) is 41.0 Å². The smallest absolute Gasteiger partial charge is 0.550 e. The molecule has 0 fully saturated rings. The van der Waals surface area contributed by atoms with E-state index in [0.717, 1.165) is 20.8 Å². The number of nitrogens with two attached hydrogens (primary N) is 1. The van der Waals surface area contributed by atoms with Gasteiger partial charge in [0, 0.05) is 17.9 Å². The molecule has 3 N–H and O–H groups in total. The van der Waals surface area contributed by atoms with Gasteiger partial charge >= 0.3 is 124 Å². The zero-order valence-electron chi connectivity index (χ0n) is 15.5. The number of rotatable bonds is 3. The van der Waals surface area contributed by atoms with Crippen LogP contribution in [0, 0.1) is 0 Å². The molecule has 0 aromatic rings. The standard InChI is InChI=1S/C4H7NO4.3C2H4O2.4Na/c5-2(4(8)9)1-3(6)7;3*1-2(3)4;;;;/h2H,1,5H2,(H,6,7)(H,8,9);3*1H3,(H,3,4);;;;/q;;;;4*+1/p-4/t2-;;;;;;;/m0......./s1. The Bertz CT molecular complexity index is 327. The van der Waals surface area contributed by atoms with E-state index in [1.165, 1.54) is 0 Å². The van der Waals surface area contributed by atoms with Crippen molar-refractivity contribution in [2.24, 2.45) is 5.73 Å². The van der Waals surface area contributed by atoms with E-state index in [-0.39, 0.29) is 118 Å². The number of carbonyl (C=O) groups excluding carboxylic acids is 4. The van der Waals surface area contributed by atoms with Crippen LogP contribution in [0.4, 0.5) is 0 Å². The summed E-state index contributed by atoms with van der Waals surface area (Å²) in [6, 6.07) is -1.40. The van der Waals surface area contributed by atoms with E-state index in [4.69, 9.17) is 40.5 Å². The molecule has 0 bridgehead atoms. The summed E-state index contributed by atoms with van der Waals surface area (Å²) in [5.41, 5.74) is 4.77. The fourth-order valence-corrected chi connectivity index (χ4v) is 0.271. The molecular formula is C10H15NNa4O10. The normalized spacial score (nSPS) is 7.52. The molecule has 0 saturated heterocycles. The Labute approximate surface area is 233 Å². The van der Waals surface area contributed by atoms with Gasteiger partial charge in [0.1, 0.15) is 0 Å². The van der Waals surface area contributed by atoms with E-state index in [9.17, 15) is 14.7 Å². The molecule has 124 valence electrons. The first-order chi connectivity index (χ1) is 9.23. The molecular weight excluding hydrogens is 386 g/mol. The molecule has 0 saturated carbocycles. The van der Waals surface area contributed by atoms with Crippen molar-refractivity contribution in [1.29, 1.82) is 0 Å². The van der Waals surface area contributed by atoms with Crippen LogP contribution in [0.5, 0.6) is 0 Å². The molecule has 0 amide bonds. The third kappa shape index (κ3) is 159. The second kappa shape index (κ2) is 36.3. The SMILES string of the molecule is CC(=O)[O-].CC(=O)[O-].CC(=O)[O-].N[C@@H](CC(=O)O)C(=O)[O-].[Na+].[Na+].[Na+].[Na+]. The van der Waals surface area contributed by atoms with Gasteiger partial charge < -0.3 is 50.4 Å². The van der Waals surface area contributed by atoms with Crippen LogP contribution in [-0.2, 0) is 24.0 Å². The second-order valence-electron chi connectivity index (χ2n) is 3.00. The fraction of sp³-hybridized carbons (Fsp3) is 0.500. The summed E-state index contributed by atoms with van der Waals surface area (Å²) in [6.07, 6.45) is -0.595. The molecule has 0 radical (unpaired) electrons. The van der Waals surface area contributed by atoms with E-state index in [1.807, 2.05) is 0 Å². The van der Waals surface area contributed by atoms with Crippen LogP contribution in [0.3, 0.4) is 0 Å². The van der Waals surface area contributed by atoms with Crippen LogP contribution >= 0.6 is 0 Å². The minimum absolute atomic E-state index is 0. The molecule has 0 aromatic carbocycles. The Balaban J connectivity index is -0.0000000263. The van der Waals surface area contributed by atoms with Crippen LogP contribution in [0.15, 0.2) is 0 Å². The zero-order chi connectivity index (χ0) is 18.2. The number of carboxylic acid groups (broad SMARTS) is 5. The molecule has 0 heterocycles. The van der Waals surface area contributed by atoms with Gasteiger partial charge in [0.15, 0.2) is 0 Å². The van der Waals surface area contributed by atoms with Crippen molar-refractivity contribution in [3.05, 3.63) is 0 Å². The van der Waals surface area contributed by atoms with Crippen molar-refractivity contribution < 1.29 is 168 Å². The van der Waals surface area contributed by atoms with Gasteiger partial charge in [-0.25, -0.2) is 0 Å². The number of hydrogen-bond donors (Lipinski definition) is 2. The number of carboxylic acids is 5. The van der Waals surface area contributed by atoms with Crippen LogP contribution in [0.2, 0.25) is 0 Å². The molecule has 11 nitrogen and oxygen atoms in total. The summed E-state index contributed by atoms with van der Waals surface area (Å²) in [7, 11) is 0. The molecule has 0 aliphatic heterocycles. The van der Waals surface area contributed by atoms with Gasteiger partial charge in [0.2, 0.25) is 0 Å². The Morgan fingerprint density at radius 3 is 0.960 bits per heavy atom. The van der Waals surface area contributed by atoms with Crippen LogP contribution in [0.25, 0.3) is 0 Å². The molecule has 0 aliphatic carbocycles. The Morgan fingerprint density at radius 2 is 0.920 bits per heavy atom. The molecule has 15 heteroatoms. The molecule has 0 spiro atoms. The molecule has 0 aliphatic rings. The summed E-state index contributed by atoms with van der Waals surface area (Å²) >= 11 is 0. The number of aliphatic carboxylic acids is 5. The third-order valence-electron chi connectivity index (χ3n) is 0.697. The first-order valence-corrected chi connectivity index (χ1v) is 4.94. The summed E-state index contributed by atoms with van der Waals surface area (Å²) in [5, 5.41) is 44.4. The molecule has 25 heavy (non-hydrogen) atoms. The van der Waals surface area contributed by atoms with Gasteiger partial charge in [-0.1, -0.05) is 0 Å². The van der Waals surface area contributed by atoms with Crippen molar-refractivity contribution in [3.8, 4) is 0 Å². The predicted octanol–water partition coefficient (Wildman–Crippen LogP) is -18.2. The van der Waals surface area contributed by atoms with Crippen molar-refractivity contribution in [2.75, 3.05) is 0 Å². The largest absolute Gasteiger partial charge is 1.00 e. The number of carbonyl (C=O) groups is 5. The van der Waals surface area contributed by atoms with Crippen LogP contribution in [0.1, 0.15) is 27.2 Å². The summed E-state index contributed by atoms with van der Waals surface area (Å²) < 4.78 is 0. The monoisotopic (exact) mass is 401 g/mol. The zero-order valence-corrected chi connectivity index (χ0v) is 23.5. The van der Waals surface area contributed by atoms with E-state index in [0.29, 0.717) is 0 Å². The minimum atomic E-state index is -1.54. The van der Waals surface area contributed by atoms with Gasteiger partial charge in [-0.05, 0) is 20.8 Å². The molecule has 1 atom stereocenters. The quantitative estimate of drug-likeness (QED) is 0.422. The molecule has 0 aromatic heterocycles. The maximum Gasteiger partial charge on any atom is 1.00 e. The molecule has 0 rings (SSSR count). The van der Waals surface area contributed by atoms with Crippen LogP contribution < -0.4 is 144 Å². The first-order valence-electron chi connectivity index (χ1n) is 4.94. The van der Waals surface area contributed by atoms with Gasteiger partial charge in [-0.3, -0.25) is 4.79 Å². The van der Waals surface area contributed by atoms with Crippen molar-refractivity contribution >= 4 is 29.8 Å².